The molecule has 0 amide bonds. The standard InChI is InChI=1S/C10H19N/c1-8-3-4-9(11-7-8)10(2)5-6-10/h8-9,11H,3-7H2,1-2H3. The smallest absolute Gasteiger partial charge is 0.0121 e. The molecule has 1 saturated carbocycles. The minimum absolute atomic E-state index is 0.695. The Hall–Kier alpha value is -0.0400. The summed E-state index contributed by atoms with van der Waals surface area (Å²) < 4.78 is 0. The second-order valence-corrected chi connectivity index (χ2v) is 4.80. The molecule has 1 heteroatoms. The van der Waals surface area contributed by atoms with E-state index in [0.29, 0.717) is 5.41 Å². The van der Waals surface area contributed by atoms with Gasteiger partial charge in [-0.2, -0.15) is 0 Å². The van der Waals surface area contributed by atoms with Crippen LogP contribution < -0.4 is 5.32 Å². The Kier molecular flexibility index (Phi) is 1.71. The molecule has 2 rings (SSSR count). The number of rotatable bonds is 1. The highest BCUT2D eigenvalue weighted by Crippen LogP contribution is 2.50. The van der Waals surface area contributed by atoms with Crippen molar-refractivity contribution in [2.75, 3.05) is 6.54 Å². The van der Waals surface area contributed by atoms with Crippen LogP contribution in [-0.4, -0.2) is 12.6 Å². The van der Waals surface area contributed by atoms with Crippen LogP contribution in [0, 0.1) is 11.3 Å². The van der Waals surface area contributed by atoms with Crippen molar-refractivity contribution in [3.63, 3.8) is 0 Å². The summed E-state index contributed by atoms with van der Waals surface area (Å²) in [5, 5.41) is 3.67. The van der Waals surface area contributed by atoms with Gasteiger partial charge in [-0.05, 0) is 43.6 Å². The summed E-state index contributed by atoms with van der Waals surface area (Å²) in [5.41, 5.74) is 0.695. The zero-order valence-electron chi connectivity index (χ0n) is 7.69. The molecule has 1 saturated heterocycles. The predicted octanol–water partition coefficient (Wildman–Crippen LogP) is 2.17. The van der Waals surface area contributed by atoms with Gasteiger partial charge in [-0.1, -0.05) is 13.8 Å². The van der Waals surface area contributed by atoms with Crippen LogP contribution in [0.5, 0.6) is 0 Å². The van der Waals surface area contributed by atoms with E-state index < -0.39 is 0 Å². The summed E-state index contributed by atoms with van der Waals surface area (Å²) in [6, 6.07) is 0.846. The van der Waals surface area contributed by atoms with Gasteiger partial charge >= 0.3 is 0 Å². The summed E-state index contributed by atoms with van der Waals surface area (Å²) in [6.45, 7) is 6.03. The normalized spacial score (nSPS) is 42.0. The molecule has 0 radical (unpaired) electrons. The third-order valence-electron chi connectivity index (χ3n) is 3.54. The van der Waals surface area contributed by atoms with Crippen molar-refractivity contribution in [2.24, 2.45) is 11.3 Å². The van der Waals surface area contributed by atoms with E-state index in [1.165, 1.54) is 32.2 Å². The molecule has 2 unspecified atom stereocenters. The Bertz CT molecular complexity index is 141. The molecule has 0 aromatic carbocycles. The van der Waals surface area contributed by atoms with Gasteiger partial charge in [0.05, 0.1) is 0 Å². The highest BCUT2D eigenvalue weighted by molar-refractivity contribution is 5.00. The van der Waals surface area contributed by atoms with E-state index in [9.17, 15) is 0 Å². The van der Waals surface area contributed by atoms with Crippen molar-refractivity contribution in [2.45, 2.75) is 45.6 Å². The predicted molar refractivity (Wildman–Crippen MR) is 47.5 cm³/mol. The van der Waals surface area contributed by atoms with E-state index in [0.717, 1.165) is 12.0 Å². The van der Waals surface area contributed by atoms with Crippen molar-refractivity contribution in [3.8, 4) is 0 Å². The van der Waals surface area contributed by atoms with Gasteiger partial charge in [-0.25, -0.2) is 0 Å². The molecular weight excluding hydrogens is 134 g/mol. The largest absolute Gasteiger partial charge is 0.313 e. The van der Waals surface area contributed by atoms with Gasteiger partial charge in [0.25, 0.3) is 0 Å². The Morgan fingerprint density at radius 3 is 2.45 bits per heavy atom. The molecule has 0 bridgehead atoms. The zero-order chi connectivity index (χ0) is 7.90. The Morgan fingerprint density at radius 1 is 1.27 bits per heavy atom. The zero-order valence-corrected chi connectivity index (χ0v) is 7.69. The van der Waals surface area contributed by atoms with Crippen LogP contribution in [-0.2, 0) is 0 Å². The van der Waals surface area contributed by atoms with Crippen molar-refractivity contribution < 1.29 is 0 Å². The monoisotopic (exact) mass is 153 g/mol. The van der Waals surface area contributed by atoms with E-state index in [1.807, 2.05) is 0 Å². The molecule has 11 heavy (non-hydrogen) atoms. The maximum absolute atomic E-state index is 3.67. The van der Waals surface area contributed by atoms with Gasteiger partial charge < -0.3 is 5.32 Å². The van der Waals surface area contributed by atoms with E-state index >= 15 is 0 Å². The van der Waals surface area contributed by atoms with Crippen molar-refractivity contribution >= 4 is 0 Å². The first-order valence-electron chi connectivity index (χ1n) is 4.94. The van der Waals surface area contributed by atoms with Gasteiger partial charge in [0.2, 0.25) is 0 Å². The lowest BCUT2D eigenvalue weighted by Gasteiger charge is -2.32. The Balaban J connectivity index is 1.87. The molecule has 1 N–H and O–H groups in total. The molecule has 1 nitrogen and oxygen atoms in total. The first-order chi connectivity index (χ1) is 5.21. The van der Waals surface area contributed by atoms with Crippen LogP contribution in [0.25, 0.3) is 0 Å². The summed E-state index contributed by atoms with van der Waals surface area (Å²) in [7, 11) is 0. The highest BCUT2D eigenvalue weighted by Gasteiger charge is 2.45. The first kappa shape index (κ1) is 7.60. The number of piperidine rings is 1. The number of nitrogens with one attached hydrogen (secondary N) is 1. The summed E-state index contributed by atoms with van der Waals surface area (Å²) >= 11 is 0. The van der Waals surface area contributed by atoms with Crippen LogP contribution >= 0.6 is 0 Å². The lowest BCUT2D eigenvalue weighted by Crippen LogP contribution is -2.42. The van der Waals surface area contributed by atoms with Crippen molar-refractivity contribution in [1.82, 2.24) is 5.32 Å². The van der Waals surface area contributed by atoms with Gasteiger partial charge in [-0.3, -0.25) is 0 Å². The van der Waals surface area contributed by atoms with E-state index in [1.54, 1.807) is 0 Å². The quantitative estimate of drug-likeness (QED) is 0.609. The van der Waals surface area contributed by atoms with Crippen molar-refractivity contribution in [3.05, 3.63) is 0 Å². The molecule has 1 heterocycles. The van der Waals surface area contributed by atoms with Crippen LogP contribution in [0.3, 0.4) is 0 Å². The number of hydrogen-bond acceptors (Lipinski definition) is 1. The molecular formula is C10H19N. The lowest BCUT2D eigenvalue weighted by molar-refractivity contribution is 0.252. The fraction of sp³-hybridized carbons (Fsp3) is 1.00. The topological polar surface area (TPSA) is 12.0 Å². The molecule has 1 aliphatic carbocycles. The average Bonchev–Trinajstić information content (AvgIpc) is 2.70. The summed E-state index contributed by atoms with van der Waals surface area (Å²) in [5.74, 6) is 0.911. The third kappa shape index (κ3) is 1.44. The molecule has 2 aliphatic rings. The SMILES string of the molecule is CC1CCC(C2(C)CC2)NC1. The third-order valence-corrected chi connectivity index (χ3v) is 3.54. The van der Waals surface area contributed by atoms with E-state index in [2.05, 4.69) is 19.2 Å². The van der Waals surface area contributed by atoms with Crippen LogP contribution in [0.1, 0.15) is 39.5 Å². The molecule has 0 aromatic rings. The molecule has 2 atom stereocenters. The molecule has 0 aromatic heterocycles. The minimum atomic E-state index is 0.695. The minimum Gasteiger partial charge on any atom is -0.313 e. The fourth-order valence-corrected chi connectivity index (χ4v) is 2.14. The van der Waals surface area contributed by atoms with Gasteiger partial charge in [0.1, 0.15) is 0 Å². The van der Waals surface area contributed by atoms with Crippen LogP contribution in [0.4, 0.5) is 0 Å². The molecule has 1 aliphatic heterocycles. The molecule has 2 fully saturated rings. The lowest BCUT2D eigenvalue weighted by atomic mass is 9.87. The summed E-state index contributed by atoms with van der Waals surface area (Å²) in [4.78, 5) is 0. The number of hydrogen-bond donors (Lipinski definition) is 1. The average molecular weight is 153 g/mol. The fourth-order valence-electron chi connectivity index (χ4n) is 2.14. The maximum atomic E-state index is 3.67. The molecule has 64 valence electrons. The first-order valence-corrected chi connectivity index (χ1v) is 4.94. The maximum Gasteiger partial charge on any atom is 0.0121 e. The van der Waals surface area contributed by atoms with Gasteiger partial charge in [0, 0.05) is 6.04 Å². The van der Waals surface area contributed by atoms with Crippen LogP contribution in [0.15, 0.2) is 0 Å². The Morgan fingerprint density at radius 2 is 2.00 bits per heavy atom. The van der Waals surface area contributed by atoms with Crippen molar-refractivity contribution in [1.29, 1.82) is 0 Å². The second kappa shape index (κ2) is 2.48. The van der Waals surface area contributed by atoms with Gasteiger partial charge in [-0.15, -0.1) is 0 Å². The Labute approximate surface area is 69.6 Å². The summed E-state index contributed by atoms with van der Waals surface area (Å²) in [6.07, 6.45) is 5.77. The van der Waals surface area contributed by atoms with Crippen LogP contribution in [0.2, 0.25) is 0 Å². The van der Waals surface area contributed by atoms with E-state index in [4.69, 9.17) is 0 Å². The highest BCUT2D eigenvalue weighted by atomic mass is 15.0. The van der Waals surface area contributed by atoms with E-state index in [-0.39, 0.29) is 0 Å². The van der Waals surface area contributed by atoms with Gasteiger partial charge in [0.15, 0.2) is 0 Å². The molecule has 0 spiro atoms. The second-order valence-electron chi connectivity index (χ2n) is 4.80.